The highest BCUT2D eigenvalue weighted by molar-refractivity contribution is 14.1. The molecule has 9 nitrogen and oxygen atoms in total. The van der Waals surface area contributed by atoms with Crippen LogP contribution in [0.5, 0.6) is 11.5 Å². The van der Waals surface area contributed by atoms with E-state index in [0.717, 1.165) is 5.57 Å². The summed E-state index contributed by atoms with van der Waals surface area (Å²) in [6, 6.07) is 7.11. The van der Waals surface area contributed by atoms with Gasteiger partial charge in [-0.3, -0.25) is 14.4 Å². The molecule has 1 aliphatic rings. The van der Waals surface area contributed by atoms with Crippen LogP contribution in [-0.2, 0) is 16.1 Å². The van der Waals surface area contributed by atoms with Crippen molar-refractivity contribution in [1.82, 2.24) is 10.2 Å². The molecule has 2 aromatic carbocycles. The van der Waals surface area contributed by atoms with E-state index in [0.29, 0.717) is 31.0 Å². The minimum Gasteiger partial charge on any atom is -0.493 e. The van der Waals surface area contributed by atoms with E-state index < -0.39 is 30.1 Å². The van der Waals surface area contributed by atoms with Gasteiger partial charge in [-0.05, 0) is 72.3 Å². The Balaban J connectivity index is 2.09. The summed E-state index contributed by atoms with van der Waals surface area (Å²) in [6.07, 6.45) is 1.25. The van der Waals surface area contributed by atoms with Crippen LogP contribution in [0, 0.1) is 3.57 Å². The Morgan fingerprint density at radius 3 is 2.56 bits per heavy atom. The molecule has 41 heavy (non-hydrogen) atoms. The predicted molar refractivity (Wildman–Crippen MR) is 165 cm³/mol. The molecule has 0 radical (unpaired) electrons. The summed E-state index contributed by atoms with van der Waals surface area (Å²) in [5, 5.41) is 24.3. The average Bonchev–Trinajstić information content (AvgIpc) is 2.92. The minimum atomic E-state index is -1.28. The molecule has 0 unspecified atom stereocenters. The van der Waals surface area contributed by atoms with Gasteiger partial charge >= 0.3 is 0 Å². The standard InChI is InChI=1S/C29H31Cl2IN2O7/c1-16(2)8-26(37)34(14-18-4-5-20(30)13-21(18)31)23-11-19(29(39)33-6-7-35)12-24(27(23)38)41-28-22(32)9-17(15-36)10-25(28)40-3/h4-5,8-10,12-13,15,23-24,27,35,38H,6-7,11,14H2,1-3H3,(H,33,39)/t23-,24+,27+/m1/s1. The number of nitrogens with one attached hydrogen (secondary N) is 1. The lowest BCUT2D eigenvalue weighted by Crippen LogP contribution is -2.54. The van der Waals surface area contributed by atoms with Gasteiger partial charge in [0.15, 0.2) is 11.5 Å². The summed E-state index contributed by atoms with van der Waals surface area (Å²) in [6.45, 7) is 3.34. The van der Waals surface area contributed by atoms with Gasteiger partial charge in [0.2, 0.25) is 11.8 Å². The maximum absolute atomic E-state index is 13.5. The number of allylic oxidation sites excluding steroid dienone is 1. The minimum absolute atomic E-state index is 0.00411. The zero-order valence-corrected chi connectivity index (χ0v) is 26.4. The molecular weight excluding hydrogens is 686 g/mol. The van der Waals surface area contributed by atoms with E-state index in [1.165, 1.54) is 30.2 Å². The molecule has 2 amide bonds. The molecule has 0 heterocycles. The van der Waals surface area contributed by atoms with Crippen LogP contribution in [0.4, 0.5) is 0 Å². The maximum atomic E-state index is 13.5. The van der Waals surface area contributed by atoms with Gasteiger partial charge in [-0.15, -0.1) is 0 Å². The summed E-state index contributed by atoms with van der Waals surface area (Å²) in [5.41, 5.74) is 1.97. The molecule has 0 bridgehead atoms. The maximum Gasteiger partial charge on any atom is 0.247 e. The Hall–Kier alpha value is -2.64. The topological polar surface area (TPSA) is 125 Å². The van der Waals surface area contributed by atoms with Gasteiger partial charge in [0.05, 0.1) is 23.3 Å². The number of carbonyl (C=O) groups excluding carboxylic acids is 3. The summed E-state index contributed by atoms with van der Waals surface area (Å²) < 4.78 is 12.2. The Bertz CT molecular complexity index is 1360. The monoisotopic (exact) mass is 716 g/mol. The van der Waals surface area contributed by atoms with Crippen LogP contribution < -0.4 is 14.8 Å². The fraction of sp³-hybridized carbons (Fsp3) is 0.345. The summed E-state index contributed by atoms with van der Waals surface area (Å²) in [4.78, 5) is 39.4. The quantitative estimate of drug-likeness (QED) is 0.180. The number of aliphatic hydroxyl groups excluding tert-OH is 2. The number of nitrogens with zero attached hydrogens (tertiary/aromatic N) is 1. The third-order valence-electron chi connectivity index (χ3n) is 6.31. The first-order valence-corrected chi connectivity index (χ1v) is 14.5. The zero-order valence-electron chi connectivity index (χ0n) is 22.7. The predicted octanol–water partition coefficient (Wildman–Crippen LogP) is 4.33. The number of halogens is 3. The SMILES string of the molecule is COc1cc(C=O)cc(I)c1O[C@H]1C=C(C(=O)NCCO)C[C@@H](N(Cc2ccc(Cl)cc2Cl)C(=O)C=C(C)C)[C@@H]1O. The van der Waals surface area contributed by atoms with Crippen molar-refractivity contribution in [3.63, 3.8) is 0 Å². The van der Waals surface area contributed by atoms with Crippen LogP contribution >= 0.6 is 45.8 Å². The van der Waals surface area contributed by atoms with E-state index in [-0.39, 0.29) is 43.2 Å². The molecule has 220 valence electrons. The summed E-state index contributed by atoms with van der Waals surface area (Å²) in [7, 11) is 1.42. The van der Waals surface area contributed by atoms with Crippen molar-refractivity contribution in [2.24, 2.45) is 0 Å². The van der Waals surface area contributed by atoms with Gasteiger partial charge in [0.25, 0.3) is 0 Å². The van der Waals surface area contributed by atoms with Crippen molar-refractivity contribution in [2.75, 3.05) is 20.3 Å². The van der Waals surface area contributed by atoms with Crippen molar-refractivity contribution < 1.29 is 34.1 Å². The number of rotatable bonds is 11. The number of aliphatic hydroxyl groups is 2. The number of methoxy groups -OCH3 is 1. The van der Waals surface area contributed by atoms with Crippen molar-refractivity contribution in [1.29, 1.82) is 0 Å². The van der Waals surface area contributed by atoms with Crippen LogP contribution in [0.1, 0.15) is 36.2 Å². The van der Waals surface area contributed by atoms with Crippen LogP contribution in [0.25, 0.3) is 0 Å². The number of ether oxygens (including phenoxy) is 2. The van der Waals surface area contributed by atoms with E-state index in [2.05, 4.69) is 5.32 Å². The molecular formula is C29H31Cl2IN2O7. The van der Waals surface area contributed by atoms with Gasteiger partial charge in [-0.1, -0.05) is 34.8 Å². The first-order valence-electron chi connectivity index (χ1n) is 12.7. The van der Waals surface area contributed by atoms with Gasteiger partial charge in [-0.25, -0.2) is 0 Å². The van der Waals surface area contributed by atoms with Crippen LogP contribution in [-0.4, -0.2) is 71.7 Å². The smallest absolute Gasteiger partial charge is 0.247 e. The average molecular weight is 717 g/mol. The van der Waals surface area contributed by atoms with E-state index >= 15 is 0 Å². The molecule has 0 saturated heterocycles. The fourth-order valence-corrected chi connectivity index (χ4v) is 5.58. The lowest BCUT2D eigenvalue weighted by molar-refractivity contribution is -0.134. The lowest BCUT2D eigenvalue weighted by Gasteiger charge is -2.40. The molecule has 0 aliphatic heterocycles. The second-order valence-corrected chi connectivity index (χ2v) is 11.6. The number of hydrogen-bond acceptors (Lipinski definition) is 7. The van der Waals surface area contributed by atoms with Crippen LogP contribution in [0.2, 0.25) is 10.0 Å². The number of benzene rings is 2. The largest absolute Gasteiger partial charge is 0.493 e. The third kappa shape index (κ3) is 8.45. The van der Waals surface area contributed by atoms with Gasteiger partial charge in [0, 0.05) is 46.8 Å². The van der Waals surface area contributed by atoms with E-state index in [9.17, 15) is 24.6 Å². The zero-order chi connectivity index (χ0) is 30.3. The van der Waals surface area contributed by atoms with Crippen LogP contribution in [0.3, 0.4) is 0 Å². The molecule has 2 aromatic rings. The number of carbonyl (C=O) groups is 3. The highest BCUT2D eigenvalue weighted by atomic mass is 127. The second kappa shape index (κ2) is 15.0. The molecule has 12 heteroatoms. The molecule has 1 aliphatic carbocycles. The molecule has 0 fully saturated rings. The fourth-order valence-electron chi connectivity index (χ4n) is 4.36. The van der Waals surface area contributed by atoms with Crippen molar-refractivity contribution in [3.8, 4) is 11.5 Å². The highest BCUT2D eigenvalue weighted by Crippen LogP contribution is 2.37. The Labute approximate surface area is 262 Å². The molecule has 3 atom stereocenters. The second-order valence-electron chi connectivity index (χ2n) is 9.59. The first-order chi connectivity index (χ1) is 19.5. The van der Waals surface area contributed by atoms with E-state index in [4.69, 9.17) is 32.7 Å². The first kappa shape index (κ1) is 32.9. The Morgan fingerprint density at radius 2 is 1.95 bits per heavy atom. The van der Waals surface area contributed by atoms with Crippen LogP contribution in [0.15, 0.2) is 53.6 Å². The van der Waals surface area contributed by atoms with E-state index in [1.54, 1.807) is 38.1 Å². The van der Waals surface area contributed by atoms with Gasteiger partial charge in [0.1, 0.15) is 18.5 Å². The normalized spacial score (nSPS) is 18.1. The molecule has 3 rings (SSSR count). The lowest BCUT2D eigenvalue weighted by atomic mass is 9.87. The van der Waals surface area contributed by atoms with Gasteiger partial charge in [-0.2, -0.15) is 0 Å². The number of hydrogen-bond donors (Lipinski definition) is 3. The Kier molecular flexibility index (Phi) is 12.0. The highest BCUT2D eigenvalue weighted by Gasteiger charge is 2.41. The van der Waals surface area contributed by atoms with Gasteiger partial charge < -0.3 is 29.9 Å². The molecule has 3 N–H and O–H groups in total. The van der Waals surface area contributed by atoms with Crippen molar-refractivity contribution >= 4 is 63.9 Å². The third-order valence-corrected chi connectivity index (χ3v) is 7.70. The number of aldehydes is 1. The van der Waals surface area contributed by atoms with E-state index in [1.807, 2.05) is 22.6 Å². The molecule has 0 saturated carbocycles. The molecule has 0 spiro atoms. The number of amides is 2. The summed E-state index contributed by atoms with van der Waals surface area (Å²) >= 11 is 14.5. The Morgan fingerprint density at radius 1 is 1.22 bits per heavy atom. The summed E-state index contributed by atoms with van der Waals surface area (Å²) in [5.74, 6) is -0.337. The molecule has 0 aromatic heterocycles. The van der Waals surface area contributed by atoms with Crippen molar-refractivity contribution in [2.45, 2.75) is 45.1 Å². The van der Waals surface area contributed by atoms with Crippen molar-refractivity contribution in [3.05, 3.63) is 78.4 Å².